The Balaban J connectivity index is 1.85. The fourth-order valence-electron chi connectivity index (χ4n) is 4.10. The van der Waals surface area contributed by atoms with Gasteiger partial charge < -0.3 is 19.5 Å². The van der Waals surface area contributed by atoms with E-state index in [0.29, 0.717) is 35.2 Å². The van der Waals surface area contributed by atoms with Crippen LogP contribution in [0.15, 0.2) is 78.6 Å². The van der Waals surface area contributed by atoms with Gasteiger partial charge in [0.25, 0.3) is 11.7 Å². The van der Waals surface area contributed by atoms with Gasteiger partial charge in [0.15, 0.2) is 0 Å². The molecule has 0 saturated carbocycles. The minimum absolute atomic E-state index is 0.00886. The molecule has 1 amide bonds. The topological polar surface area (TPSA) is 89.0 Å². The average Bonchev–Trinajstić information content (AvgIpc) is 3.12. The molecule has 0 aliphatic carbocycles. The number of aromatic nitrogens is 1. The molecule has 1 aromatic heterocycles. The Bertz CT molecular complexity index is 1250. The SMILES string of the molecule is COc1ccccc1/C(O)=C1/C(=O)C(=O)N(Cc2ccncc2)C1c1cccc(OCC(C)C)c1. The van der Waals surface area contributed by atoms with Crippen molar-refractivity contribution in [3.63, 3.8) is 0 Å². The number of carbonyl (C=O) groups excluding carboxylic acids is 2. The maximum Gasteiger partial charge on any atom is 0.295 e. The van der Waals surface area contributed by atoms with Crippen LogP contribution in [0.5, 0.6) is 11.5 Å². The summed E-state index contributed by atoms with van der Waals surface area (Å²) in [4.78, 5) is 32.1. The molecular weight excluding hydrogens is 444 g/mol. The van der Waals surface area contributed by atoms with E-state index in [1.807, 2.05) is 24.3 Å². The van der Waals surface area contributed by atoms with Gasteiger partial charge >= 0.3 is 0 Å². The van der Waals surface area contributed by atoms with Gasteiger partial charge in [0.2, 0.25) is 0 Å². The lowest BCUT2D eigenvalue weighted by atomic mass is 9.94. The van der Waals surface area contributed by atoms with E-state index in [0.717, 1.165) is 5.56 Å². The normalized spacial score (nSPS) is 17.1. The highest BCUT2D eigenvalue weighted by Gasteiger charge is 2.46. The largest absolute Gasteiger partial charge is 0.507 e. The first-order valence-electron chi connectivity index (χ1n) is 11.4. The van der Waals surface area contributed by atoms with Crippen LogP contribution in [-0.4, -0.2) is 40.4 Å². The predicted octanol–water partition coefficient (Wildman–Crippen LogP) is 4.75. The Morgan fingerprint density at radius 2 is 1.80 bits per heavy atom. The minimum atomic E-state index is -0.810. The third kappa shape index (κ3) is 5.04. The van der Waals surface area contributed by atoms with Gasteiger partial charge in [0, 0.05) is 18.9 Å². The fraction of sp³-hybridized carbons (Fsp3) is 0.250. The first kappa shape index (κ1) is 24.0. The number of benzene rings is 2. The van der Waals surface area contributed by atoms with Gasteiger partial charge in [0.05, 0.1) is 30.9 Å². The van der Waals surface area contributed by atoms with E-state index in [9.17, 15) is 14.7 Å². The van der Waals surface area contributed by atoms with Crippen LogP contribution in [0.2, 0.25) is 0 Å². The maximum atomic E-state index is 13.3. The van der Waals surface area contributed by atoms with E-state index in [1.165, 1.54) is 12.0 Å². The molecule has 0 spiro atoms. The summed E-state index contributed by atoms with van der Waals surface area (Å²) in [6, 6.07) is 16.9. The average molecular weight is 473 g/mol. The quantitative estimate of drug-likeness (QED) is 0.289. The summed E-state index contributed by atoms with van der Waals surface area (Å²) in [5, 5.41) is 11.3. The zero-order chi connectivity index (χ0) is 24.9. The number of rotatable bonds is 8. The van der Waals surface area contributed by atoms with Gasteiger partial charge in [-0.1, -0.05) is 38.1 Å². The van der Waals surface area contributed by atoms with Crippen molar-refractivity contribution in [2.24, 2.45) is 5.92 Å². The Hall–Kier alpha value is -4.13. The summed E-state index contributed by atoms with van der Waals surface area (Å²) < 4.78 is 11.3. The van der Waals surface area contributed by atoms with Crippen molar-refractivity contribution in [3.8, 4) is 11.5 Å². The summed E-state index contributed by atoms with van der Waals surface area (Å²) in [5.41, 5.74) is 1.83. The number of para-hydroxylation sites is 1. The Morgan fingerprint density at radius 1 is 1.06 bits per heavy atom. The molecule has 1 aliphatic heterocycles. The summed E-state index contributed by atoms with van der Waals surface area (Å²) in [7, 11) is 1.49. The van der Waals surface area contributed by atoms with E-state index >= 15 is 0 Å². The van der Waals surface area contributed by atoms with Crippen LogP contribution < -0.4 is 9.47 Å². The van der Waals surface area contributed by atoms with Crippen molar-refractivity contribution in [2.75, 3.05) is 13.7 Å². The number of methoxy groups -OCH3 is 1. The van der Waals surface area contributed by atoms with Crippen LogP contribution >= 0.6 is 0 Å². The van der Waals surface area contributed by atoms with E-state index < -0.39 is 17.7 Å². The van der Waals surface area contributed by atoms with Gasteiger partial charge in [-0.2, -0.15) is 0 Å². The highest BCUT2D eigenvalue weighted by atomic mass is 16.5. The van der Waals surface area contributed by atoms with Crippen molar-refractivity contribution in [2.45, 2.75) is 26.4 Å². The number of carbonyl (C=O) groups is 2. The molecule has 0 radical (unpaired) electrons. The Kier molecular flexibility index (Phi) is 7.15. The molecule has 7 nitrogen and oxygen atoms in total. The third-order valence-electron chi connectivity index (χ3n) is 5.76. The number of ether oxygens (including phenoxy) is 2. The molecule has 180 valence electrons. The van der Waals surface area contributed by atoms with Crippen LogP contribution in [0.25, 0.3) is 5.76 Å². The van der Waals surface area contributed by atoms with Crippen LogP contribution in [0.4, 0.5) is 0 Å². The molecule has 2 heterocycles. The maximum absolute atomic E-state index is 13.3. The highest BCUT2D eigenvalue weighted by Crippen LogP contribution is 2.42. The number of hydrogen-bond acceptors (Lipinski definition) is 6. The molecule has 1 fully saturated rings. The zero-order valence-electron chi connectivity index (χ0n) is 20.0. The molecule has 2 aromatic carbocycles. The number of ketones is 1. The lowest BCUT2D eigenvalue weighted by molar-refractivity contribution is -0.140. The molecular formula is C28H28N2O5. The lowest BCUT2D eigenvalue weighted by Gasteiger charge is -2.26. The van der Waals surface area contributed by atoms with Crippen LogP contribution in [0, 0.1) is 5.92 Å². The van der Waals surface area contributed by atoms with Gasteiger partial charge in [-0.05, 0) is 53.4 Å². The zero-order valence-corrected chi connectivity index (χ0v) is 20.0. The molecule has 1 atom stereocenters. The Labute approximate surface area is 204 Å². The smallest absolute Gasteiger partial charge is 0.295 e. The molecule has 1 aliphatic rings. The molecule has 1 unspecified atom stereocenters. The van der Waals surface area contributed by atoms with Crippen molar-refractivity contribution in [3.05, 3.63) is 95.3 Å². The fourth-order valence-corrected chi connectivity index (χ4v) is 4.10. The Morgan fingerprint density at radius 3 is 2.51 bits per heavy atom. The molecule has 4 rings (SSSR count). The van der Waals surface area contributed by atoms with Gasteiger partial charge in [0.1, 0.15) is 17.3 Å². The van der Waals surface area contributed by atoms with E-state index in [-0.39, 0.29) is 17.9 Å². The highest BCUT2D eigenvalue weighted by molar-refractivity contribution is 6.46. The number of amides is 1. The van der Waals surface area contributed by atoms with Crippen LogP contribution in [0.3, 0.4) is 0 Å². The molecule has 1 N–H and O–H groups in total. The van der Waals surface area contributed by atoms with Crippen molar-refractivity contribution in [1.82, 2.24) is 9.88 Å². The molecule has 35 heavy (non-hydrogen) atoms. The minimum Gasteiger partial charge on any atom is -0.507 e. The first-order chi connectivity index (χ1) is 16.9. The summed E-state index contributed by atoms with van der Waals surface area (Å²) in [5.74, 6) is -0.350. The molecule has 1 saturated heterocycles. The number of Topliss-reactive ketones (excluding diaryl/α,β-unsaturated/α-hetero) is 1. The molecule has 0 bridgehead atoms. The standard InChI is InChI=1S/C28H28N2O5/c1-18(2)17-35-21-8-6-7-20(15-21)25-24(26(31)22-9-4-5-10-23(22)34-3)27(32)28(33)30(25)16-19-11-13-29-14-12-19/h4-15,18,25,31H,16-17H2,1-3H3/b26-24-. The number of hydrogen-bond donors (Lipinski definition) is 1. The van der Waals surface area contributed by atoms with E-state index in [1.54, 1.807) is 48.8 Å². The van der Waals surface area contributed by atoms with Crippen molar-refractivity contribution in [1.29, 1.82) is 0 Å². The number of nitrogens with zero attached hydrogens (tertiary/aromatic N) is 2. The molecule has 7 heteroatoms. The van der Waals surface area contributed by atoms with Crippen molar-refractivity contribution >= 4 is 17.4 Å². The second kappa shape index (κ2) is 10.4. The van der Waals surface area contributed by atoms with Gasteiger partial charge in [-0.3, -0.25) is 14.6 Å². The summed E-state index contributed by atoms with van der Waals surface area (Å²) in [6.45, 7) is 4.82. The molecule has 3 aromatic rings. The van der Waals surface area contributed by atoms with Crippen LogP contribution in [0.1, 0.15) is 36.6 Å². The van der Waals surface area contributed by atoms with E-state index in [4.69, 9.17) is 9.47 Å². The second-order valence-electron chi connectivity index (χ2n) is 8.76. The van der Waals surface area contributed by atoms with Crippen molar-refractivity contribution < 1.29 is 24.2 Å². The lowest BCUT2D eigenvalue weighted by Crippen LogP contribution is -2.29. The summed E-state index contributed by atoms with van der Waals surface area (Å²) in [6.07, 6.45) is 3.27. The number of aliphatic hydroxyl groups excluding tert-OH is 1. The third-order valence-corrected chi connectivity index (χ3v) is 5.76. The number of likely N-dealkylation sites (tertiary alicyclic amines) is 1. The second-order valence-corrected chi connectivity index (χ2v) is 8.76. The monoisotopic (exact) mass is 472 g/mol. The van der Waals surface area contributed by atoms with Crippen LogP contribution in [-0.2, 0) is 16.1 Å². The number of aliphatic hydroxyl groups is 1. The van der Waals surface area contributed by atoms with Gasteiger partial charge in [-0.15, -0.1) is 0 Å². The summed E-state index contributed by atoms with van der Waals surface area (Å²) >= 11 is 0. The predicted molar refractivity (Wildman–Crippen MR) is 132 cm³/mol. The number of pyridine rings is 1. The van der Waals surface area contributed by atoms with E-state index in [2.05, 4.69) is 18.8 Å². The first-order valence-corrected chi connectivity index (χ1v) is 11.4. The van der Waals surface area contributed by atoms with Gasteiger partial charge in [-0.25, -0.2) is 0 Å².